The van der Waals surface area contributed by atoms with E-state index in [4.69, 9.17) is 25.5 Å². The Morgan fingerprint density at radius 3 is 1.17 bits per heavy atom. The average Bonchev–Trinajstić information content (AvgIpc) is 2.06. The second-order valence-electron chi connectivity index (χ2n) is 1.80. The first-order valence-corrected chi connectivity index (χ1v) is 3.72. The second-order valence-corrected chi connectivity index (χ2v) is 1.80. The van der Waals surface area contributed by atoms with Gasteiger partial charge < -0.3 is 25.5 Å². The Morgan fingerprint density at radius 2 is 1.17 bits per heavy atom. The molecule has 0 fully saturated rings. The Kier molecular flexibility index (Phi) is 33.2. The fourth-order valence-corrected chi connectivity index (χ4v) is 0. The molecule has 0 aliphatic carbocycles. The van der Waals surface area contributed by atoms with Crippen molar-refractivity contribution in [3.8, 4) is 0 Å². The standard InChI is InChI=1S/C3H8O2.C2H6O2.C2H6O/c1-3(5)2-4;3-1-2-4;1-2-3/h3-5H,2H2,1H3;3-4H,1-2H2;3H,2H2,1H3. The molecule has 0 saturated heterocycles. The first kappa shape index (κ1) is 17.8. The van der Waals surface area contributed by atoms with Crippen molar-refractivity contribution < 1.29 is 25.5 Å². The normalized spacial score (nSPS) is 10.2. The van der Waals surface area contributed by atoms with Gasteiger partial charge in [0.15, 0.2) is 0 Å². The summed E-state index contributed by atoms with van der Waals surface area (Å²) in [4.78, 5) is 0. The fraction of sp³-hybridized carbons (Fsp3) is 1.00. The van der Waals surface area contributed by atoms with Gasteiger partial charge in [-0.05, 0) is 13.8 Å². The minimum atomic E-state index is -0.560. The third-order valence-electron chi connectivity index (χ3n) is 0.364. The van der Waals surface area contributed by atoms with E-state index in [9.17, 15) is 0 Å². The predicted molar refractivity (Wildman–Crippen MR) is 45.7 cm³/mol. The van der Waals surface area contributed by atoms with Gasteiger partial charge in [0, 0.05) is 6.61 Å². The van der Waals surface area contributed by atoms with Crippen LogP contribution in [-0.2, 0) is 0 Å². The molecule has 0 spiro atoms. The van der Waals surface area contributed by atoms with Crippen LogP contribution in [0.5, 0.6) is 0 Å². The van der Waals surface area contributed by atoms with Gasteiger partial charge in [0.1, 0.15) is 0 Å². The van der Waals surface area contributed by atoms with Crippen LogP contribution < -0.4 is 0 Å². The summed E-state index contributed by atoms with van der Waals surface area (Å²) in [5, 5.41) is 38.8. The number of aliphatic hydroxyl groups is 5. The van der Waals surface area contributed by atoms with Crippen LogP contribution in [0.1, 0.15) is 13.8 Å². The number of rotatable bonds is 2. The number of aliphatic hydroxyl groups excluding tert-OH is 5. The molecule has 0 aromatic rings. The Balaban J connectivity index is -0.000000105. The second kappa shape index (κ2) is 22.4. The van der Waals surface area contributed by atoms with Crippen molar-refractivity contribution in [3.05, 3.63) is 0 Å². The summed E-state index contributed by atoms with van der Waals surface area (Å²) in [7, 11) is 0. The SMILES string of the molecule is CC(O)CO.CCO.OCCO. The lowest BCUT2D eigenvalue weighted by Crippen LogP contribution is -2.03. The maximum absolute atomic E-state index is 8.11. The van der Waals surface area contributed by atoms with E-state index in [1.807, 2.05) is 0 Å². The maximum atomic E-state index is 8.11. The van der Waals surface area contributed by atoms with Gasteiger partial charge in [-0.15, -0.1) is 0 Å². The molecule has 0 amide bonds. The molecule has 0 rings (SSSR count). The van der Waals surface area contributed by atoms with Crippen molar-refractivity contribution in [1.29, 1.82) is 0 Å². The van der Waals surface area contributed by atoms with Gasteiger partial charge in [0.05, 0.1) is 25.9 Å². The van der Waals surface area contributed by atoms with Crippen molar-refractivity contribution in [2.45, 2.75) is 20.0 Å². The summed E-state index contributed by atoms with van der Waals surface area (Å²) < 4.78 is 0. The van der Waals surface area contributed by atoms with Gasteiger partial charge in [-0.2, -0.15) is 0 Å². The van der Waals surface area contributed by atoms with E-state index in [2.05, 4.69) is 0 Å². The smallest absolute Gasteiger partial charge is 0.0742 e. The minimum absolute atomic E-state index is 0.125. The summed E-state index contributed by atoms with van der Waals surface area (Å²) in [6, 6.07) is 0. The van der Waals surface area contributed by atoms with Gasteiger partial charge in [0.2, 0.25) is 0 Å². The zero-order chi connectivity index (χ0) is 10.4. The summed E-state index contributed by atoms with van der Waals surface area (Å²) in [5.74, 6) is 0. The lowest BCUT2D eigenvalue weighted by molar-refractivity contribution is 0.110. The lowest BCUT2D eigenvalue weighted by atomic mass is 10.5. The molecule has 12 heavy (non-hydrogen) atoms. The van der Waals surface area contributed by atoms with E-state index in [0.717, 1.165) is 0 Å². The van der Waals surface area contributed by atoms with E-state index in [-0.39, 0.29) is 26.4 Å². The minimum Gasteiger partial charge on any atom is -0.397 e. The van der Waals surface area contributed by atoms with Gasteiger partial charge in [-0.1, -0.05) is 0 Å². The van der Waals surface area contributed by atoms with Crippen LogP contribution in [-0.4, -0.2) is 58.1 Å². The highest BCUT2D eigenvalue weighted by atomic mass is 16.3. The van der Waals surface area contributed by atoms with E-state index in [1.165, 1.54) is 6.92 Å². The third kappa shape index (κ3) is 96.8. The summed E-state index contributed by atoms with van der Waals surface area (Å²) >= 11 is 0. The Labute approximate surface area is 72.9 Å². The molecule has 1 atom stereocenters. The van der Waals surface area contributed by atoms with E-state index in [0.29, 0.717) is 0 Å². The highest BCUT2D eigenvalue weighted by Crippen LogP contribution is 1.68. The molecule has 0 aromatic heterocycles. The molecule has 5 N–H and O–H groups in total. The van der Waals surface area contributed by atoms with E-state index >= 15 is 0 Å². The van der Waals surface area contributed by atoms with Crippen LogP contribution >= 0.6 is 0 Å². The molecule has 78 valence electrons. The van der Waals surface area contributed by atoms with Gasteiger partial charge in [-0.3, -0.25) is 0 Å². The zero-order valence-corrected chi connectivity index (χ0v) is 7.64. The van der Waals surface area contributed by atoms with Crippen LogP contribution in [0.15, 0.2) is 0 Å². The Morgan fingerprint density at radius 1 is 1.00 bits per heavy atom. The quantitative estimate of drug-likeness (QED) is 0.353. The topological polar surface area (TPSA) is 101 Å². The van der Waals surface area contributed by atoms with Crippen LogP contribution in [0.2, 0.25) is 0 Å². The monoisotopic (exact) mass is 184 g/mol. The molecule has 0 heterocycles. The summed E-state index contributed by atoms with van der Waals surface area (Å²) in [6.45, 7) is 3.07. The largest absolute Gasteiger partial charge is 0.397 e. The van der Waals surface area contributed by atoms with Crippen molar-refractivity contribution in [2.24, 2.45) is 0 Å². The summed E-state index contributed by atoms with van der Waals surface area (Å²) in [6.07, 6.45) is -0.560. The molecule has 0 aliphatic heterocycles. The highest BCUT2D eigenvalue weighted by molar-refractivity contribution is 4.34. The van der Waals surface area contributed by atoms with Gasteiger partial charge >= 0.3 is 0 Å². The van der Waals surface area contributed by atoms with Crippen molar-refractivity contribution in [3.63, 3.8) is 0 Å². The fourth-order valence-electron chi connectivity index (χ4n) is 0. The molecule has 1 unspecified atom stereocenters. The average molecular weight is 184 g/mol. The zero-order valence-electron chi connectivity index (χ0n) is 7.64. The summed E-state index contributed by atoms with van der Waals surface area (Å²) in [5.41, 5.74) is 0. The van der Waals surface area contributed by atoms with Crippen molar-refractivity contribution in [1.82, 2.24) is 0 Å². The van der Waals surface area contributed by atoms with E-state index in [1.54, 1.807) is 6.92 Å². The molecular formula is C7H20O5. The van der Waals surface area contributed by atoms with E-state index < -0.39 is 6.10 Å². The first-order chi connectivity index (χ1) is 5.60. The Bertz CT molecular complexity index is 47.1. The van der Waals surface area contributed by atoms with Crippen LogP contribution in [0.25, 0.3) is 0 Å². The molecular weight excluding hydrogens is 164 g/mol. The lowest BCUT2D eigenvalue weighted by Gasteiger charge is -1.90. The molecule has 0 radical (unpaired) electrons. The van der Waals surface area contributed by atoms with Crippen LogP contribution in [0, 0.1) is 0 Å². The van der Waals surface area contributed by atoms with Gasteiger partial charge in [0.25, 0.3) is 0 Å². The molecule has 5 heteroatoms. The molecule has 0 aliphatic rings. The number of hydrogen-bond acceptors (Lipinski definition) is 5. The Hall–Kier alpha value is -0.200. The van der Waals surface area contributed by atoms with Crippen molar-refractivity contribution in [2.75, 3.05) is 26.4 Å². The van der Waals surface area contributed by atoms with Gasteiger partial charge in [-0.25, -0.2) is 0 Å². The predicted octanol–water partition coefficient (Wildman–Crippen LogP) is -1.67. The highest BCUT2D eigenvalue weighted by Gasteiger charge is 1.83. The maximum Gasteiger partial charge on any atom is 0.0742 e. The molecule has 0 saturated carbocycles. The van der Waals surface area contributed by atoms with Crippen LogP contribution in [0.3, 0.4) is 0 Å². The molecule has 0 aromatic carbocycles. The third-order valence-corrected chi connectivity index (χ3v) is 0.364. The molecule has 0 bridgehead atoms. The van der Waals surface area contributed by atoms with Crippen molar-refractivity contribution >= 4 is 0 Å². The first-order valence-electron chi connectivity index (χ1n) is 3.72. The molecule has 5 nitrogen and oxygen atoms in total. The van der Waals surface area contributed by atoms with Crippen LogP contribution in [0.4, 0.5) is 0 Å². The number of hydrogen-bond donors (Lipinski definition) is 5.